The first-order valence-corrected chi connectivity index (χ1v) is 6.54. The summed E-state index contributed by atoms with van der Waals surface area (Å²) in [5.74, 6) is 0.713. The van der Waals surface area contributed by atoms with Gasteiger partial charge in [0.15, 0.2) is 5.65 Å². The summed E-state index contributed by atoms with van der Waals surface area (Å²) >= 11 is 3.48. The maximum Gasteiger partial charge on any atom is 0.254 e. The van der Waals surface area contributed by atoms with Gasteiger partial charge in [-0.1, -0.05) is 6.07 Å². The van der Waals surface area contributed by atoms with Crippen molar-refractivity contribution in [3.63, 3.8) is 0 Å². The normalized spacial score (nSPS) is 11.3. The Labute approximate surface area is 113 Å². The van der Waals surface area contributed by atoms with E-state index >= 15 is 0 Å². The third kappa shape index (κ3) is 1.58. The van der Waals surface area contributed by atoms with E-state index in [0.717, 1.165) is 15.9 Å². The van der Waals surface area contributed by atoms with Crippen molar-refractivity contribution >= 4 is 21.6 Å². The first kappa shape index (κ1) is 11.5. The summed E-state index contributed by atoms with van der Waals surface area (Å²) in [6.07, 6.45) is 0. The van der Waals surface area contributed by atoms with Crippen LogP contribution in [0.2, 0.25) is 0 Å². The predicted molar refractivity (Wildman–Crippen MR) is 74.2 cm³/mol. The summed E-state index contributed by atoms with van der Waals surface area (Å²) in [7, 11) is 0. The Morgan fingerprint density at radius 3 is 2.56 bits per heavy atom. The fourth-order valence-corrected chi connectivity index (χ4v) is 2.60. The van der Waals surface area contributed by atoms with E-state index in [4.69, 9.17) is 0 Å². The standard InChI is InChI=1S/C13H13BrN4/c1-8-7-9(2)17(10(8)3)13-15-12-6-4-5-11(14)18(12)16-13/h4-7H,1-3H3. The van der Waals surface area contributed by atoms with Crippen LogP contribution in [0.5, 0.6) is 0 Å². The van der Waals surface area contributed by atoms with Crippen LogP contribution in [0, 0.1) is 20.8 Å². The van der Waals surface area contributed by atoms with Crippen molar-refractivity contribution in [2.24, 2.45) is 0 Å². The van der Waals surface area contributed by atoms with Gasteiger partial charge in [-0.05, 0) is 60.5 Å². The molecule has 0 radical (unpaired) electrons. The molecule has 0 bridgehead atoms. The average molecular weight is 305 g/mol. The van der Waals surface area contributed by atoms with Crippen LogP contribution < -0.4 is 0 Å². The van der Waals surface area contributed by atoms with Crippen molar-refractivity contribution in [2.75, 3.05) is 0 Å². The molecule has 5 heteroatoms. The second-order valence-electron chi connectivity index (χ2n) is 4.42. The zero-order chi connectivity index (χ0) is 12.9. The van der Waals surface area contributed by atoms with Gasteiger partial charge in [-0.25, -0.2) is 4.52 Å². The Hall–Kier alpha value is -1.62. The van der Waals surface area contributed by atoms with Crippen LogP contribution in [0.15, 0.2) is 28.9 Å². The van der Waals surface area contributed by atoms with Crippen molar-refractivity contribution in [1.29, 1.82) is 0 Å². The number of hydrogen-bond acceptors (Lipinski definition) is 2. The van der Waals surface area contributed by atoms with Gasteiger partial charge in [0.1, 0.15) is 4.60 Å². The van der Waals surface area contributed by atoms with E-state index in [-0.39, 0.29) is 0 Å². The number of aryl methyl sites for hydroxylation is 2. The summed E-state index contributed by atoms with van der Waals surface area (Å²) < 4.78 is 4.77. The number of nitrogens with zero attached hydrogens (tertiary/aromatic N) is 4. The summed E-state index contributed by atoms with van der Waals surface area (Å²) in [6.45, 7) is 6.26. The van der Waals surface area contributed by atoms with Crippen LogP contribution >= 0.6 is 15.9 Å². The number of pyridine rings is 1. The van der Waals surface area contributed by atoms with E-state index in [2.05, 4.69) is 57.4 Å². The summed E-state index contributed by atoms with van der Waals surface area (Å²) in [6, 6.07) is 8.00. The zero-order valence-corrected chi connectivity index (χ0v) is 12.1. The summed E-state index contributed by atoms with van der Waals surface area (Å²) in [5.41, 5.74) is 4.42. The van der Waals surface area contributed by atoms with Gasteiger partial charge in [-0.2, -0.15) is 4.98 Å². The Balaban J connectivity index is 2.29. The maximum absolute atomic E-state index is 4.56. The molecule has 0 aromatic carbocycles. The van der Waals surface area contributed by atoms with E-state index in [0.29, 0.717) is 5.95 Å². The highest BCUT2D eigenvalue weighted by Gasteiger charge is 2.13. The quantitative estimate of drug-likeness (QED) is 0.647. The molecule has 0 saturated heterocycles. The lowest BCUT2D eigenvalue weighted by molar-refractivity contribution is 0.841. The van der Waals surface area contributed by atoms with E-state index in [1.165, 1.54) is 11.3 Å². The SMILES string of the molecule is Cc1cc(C)n(-c2nc3cccc(Br)n3n2)c1C. The molecule has 3 rings (SSSR count). The molecule has 0 amide bonds. The zero-order valence-electron chi connectivity index (χ0n) is 10.5. The number of aromatic nitrogens is 4. The maximum atomic E-state index is 4.56. The third-order valence-corrected chi connectivity index (χ3v) is 3.79. The van der Waals surface area contributed by atoms with Crippen LogP contribution in [0.25, 0.3) is 11.6 Å². The molecule has 92 valence electrons. The molecular weight excluding hydrogens is 292 g/mol. The largest absolute Gasteiger partial charge is 0.286 e. The summed E-state index contributed by atoms with van der Waals surface area (Å²) in [4.78, 5) is 4.56. The molecule has 3 aromatic heterocycles. The lowest BCUT2D eigenvalue weighted by Crippen LogP contribution is -2.02. The molecule has 0 spiro atoms. The first-order valence-electron chi connectivity index (χ1n) is 5.75. The van der Waals surface area contributed by atoms with Crippen LogP contribution in [0.1, 0.15) is 17.0 Å². The second kappa shape index (κ2) is 3.95. The molecule has 0 aliphatic carbocycles. The number of rotatable bonds is 1. The minimum atomic E-state index is 0.713. The van der Waals surface area contributed by atoms with Crippen molar-refractivity contribution < 1.29 is 0 Å². The van der Waals surface area contributed by atoms with Gasteiger partial charge in [-0.3, -0.25) is 4.57 Å². The molecule has 3 heterocycles. The lowest BCUT2D eigenvalue weighted by Gasteiger charge is -2.03. The molecule has 3 aromatic rings. The second-order valence-corrected chi connectivity index (χ2v) is 5.23. The Kier molecular flexibility index (Phi) is 2.52. The van der Waals surface area contributed by atoms with Crippen molar-refractivity contribution in [1.82, 2.24) is 19.2 Å². The minimum absolute atomic E-state index is 0.713. The van der Waals surface area contributed by atoms with Gasteiger partial charge in [0.2, 0.25) is 0 Å². The Morgan fingerprint density at radius 2 is 1.94 bits per heavy atom. The molecule has 0 N–H and O–H groups in total. The van der Waals surface area contributed by atoms with E-state index < -0.39 is 0 Å². The third-order valence-electron chi connectivity index (χ3n) is 3.19. The van der Waals surface area contributed by atoms with Crippen LogP contribution in [-0.4, -0.2) is 19.2 Å². The molecule has 0 aliphatic rings. The molecule has 0 saturated carbocycles. The molecule has 4 nitrogen and oxygen atoms in total. The first-order chi connectivity index (χ1) is 8.58. The fraction of sp³-hybridized carbons (Fsp3) is 0.231. The molecular formula is C13H13BrN4. The monoisotopic (exact) mass is 304 g/mol. The van der Waals surface area contributed by atoms with Gasteiger partial charge in [0.05, 0.1) is 0 Å². The smallest absolute Gasteiger partial charge is 0.254 e. The van der Waals surface area contributed by atoms with Gasteiger partial charge < -0.3 is 0 Å². The Bertz CT molecular complexity index is 739. The molecule has 0 unspecified atom stereocenters. The highest BCUT2D eigenvalue weighted by Crippen LogP contribution is 2.19. The highest BCUT2D eigenvalue weighted by molar-refractivity contribution is 9.10. The topological polar surface area (TPSA) is 35.1 Å². The number of hydrogen-bond donors (Lipinski definition) is 0. The summed E-state index contributed by atoms with van der Waals surface area (Å²) in [5, 5.41) is 4.54. The Morgan fingerprint density at radius 1 is 1.17 bits per heavy atom. The fourth-order valence-electron chi connectivity index (χ4n) is 2.19. The van der Waals surface area contributed by atoms with Crippen LogP contribution in [-0.2, 0) is 0 Å². The van der Waals surface area contributed by atoms with E-state index in [9.17, 15) is 0 Å². The van der Waals surface area contributed by atoms with Crippen molar-refractivity contribution in [3.05, 3.63) is 45.8 Å². The van der Waals surface area contributed by atoms with Crippen LogP contribution in [0.4, 0.5) is 0 Å². The minimum Gasteiger partial charge on any atom is -0.286 e. The van der Waals surface area contributed by atoms with Crippen LogP contribution in [0.3, 0.4) is 0 Å². The highest BCUT2D eigenvalue weighted by atomic mass is 79.9. The van der Waals surface area contributed by atoms with E-state index in [1.54, 1.807) is 4.52 Å². The average Bonchev–Trinajstić information content (AvgIpc) is 2.83. The lowest BCUT2D eigenvalue weighted by atomic mass is 10.3. The van der Waals surface area contributed by atoms with E-state index in [1.807, 2.05) is 18.2 Å². The van der Waals surface area contributed by atoms with Crippen molar-refractivity contribution in [3.8, 4) is 5.95 Å². The van der Waals surface area contributed by atoms with Gasteiger partial charge in [-0.15, -0.1) is 5.10 Å². The number of fused-ring (bicyclic) bond motifs is 1. The van der Waals surface area contributed by atoms with Crippen molar-refractivity contribution in [2.45, 2.75) is 20.8 Å². The molecule has 0 aliphatic heterocycles. The number of halogens is 1. The molecule has 0 fully saturated rings. The van der Waals surface area contributed by atoms with Gasteiger partial charge in [0, 0.05) is 11.4 Å². The predicted octanol–water partition coefficient (Wildman–Crippen LogP) is 3.21. The van der Waals surface area contributed by atoms with Gasteiger partial charge >= 0.3 is 0 Å². The molecule has 0 atom stereocenters. The van der Waals surface area contributed by atoms with Gasteiger partial charge in [0.25, 0.3) is 5.95 Å². The molecule has 18 heavy (non-hydrogen) atoms.